The Morgan fingerprint density at radius 2 is 2.22 bits per heavy atom. The minimum atomic E-state index is -0.0760. The number of furan rings is 1. The predicted molar refractivity (Wildman–Crippen MR) is 70.3 cm³/mol. The molecule has 3 N–H and O–H groups in total. The second kappa shape index (κ2) is 6.05. The van der Waals surface area contributed by atoms with Crippen LogP contribution in [0.25, 0.3) is 0 Å². The van der Waals surface area contributed by atoms with Crippen LogP contribution in [0.5, 0.6) is 0 Å². The predicted octanol–water partition coefficient (Wildman–Crippen LogP) is 2.23. The molecule has 1 saturated carbocycles. The number of aryl methyl sites for hydroxylation is 1. The normalized spacial score (nSPS) is 18.6. The molecule has 1 aliphatic rings. The van der Waals surface area contributed by atoms with E-state index in [1.54, 1.807) is 6.07 Å². The Hall–Kier alpha value is -1.29. The molecule has 100 valence electrons. The van der Waals surface area contributed by atoms with Crippen molar-refractivity contribution in [2.45, 2.75) is 45.1 Å². The molecule has 1 heterocycles. The van der Waals surface area contributed by atoms with Crippen LogP contribution >= 0.6 is 0 Å². The van der Waals surface area contributed by atoms with Crippen molar-refractivity contribution in [1.82, 2.24) is 5.32 Å². The lowest BCUT2D eigenvalue weighted by atomic mass is 9.84. The van der Waals surface area contributed by atoms with Crippen molar-refractivity contribution in [1.29, 1.82) is 0 Å². The molecule has 1 amide bonds. The van der Waals surface area contributed by atoms with E-state index >= 15 is 0 Å². The molecule has 4 heteroatoms. The Bertz CT molecular complexity index is 394. The van der Waals surface area contributed by atoms with Gasteiger partial charge in [0.1, 0.15) is 12.0 Å². The van der Waals surface area contributed by atoms with Gasteiger partial charge in [-0.2, -0.15) is 0 Å². The molecule has 0 bridgehead atoms. The van der Waals surface area contributed by atoms with Crippen molar-refractivity contribution in [2.24, 2.45) is 11.7 Å². The molecule has 0 saturated heterocycles. The van der Waals surface area contributed by atoms with Crippen LogP contribution in [-0.4, -0.2) is 18.5 Å². The number of hydrogen-bond donors (Lipinski definition) is 2. The third-order valence-electron chi connectivity index (χ3n) is 3.78. The van der Waals surface area contributed by atoms with Gasteiger partial charge in [-0.05, 0) is 31.7 Å². The zero-order valence-electron chi connectivity index (χ0n) is 10.9. The van der Waals surface area contributed by atoms with Crippen LogP contribution in [0.15, 0.2) is 16.7 Å². The summed E-state index contributed by atoms with van der Waals surface area (Å²) in [6.45, 7) is 2.34. The molecule has 1 aliphatic carbocycles. The van der Waals surface area contributed by atoms with Gasteiger partial charge >= 0.3 is 0 Å². The number of nitrogens with two attached hydrogens (primary N) is 1. The van der Waals surface area contributed by atoms with Gasteiger partial charge in [0.05, 0.1) is 5.56 Å². The molecule has 1 atom stereocenters. The van der Waals surface area contributed by atoms with E-state index in [1.165, 1.54) is 38.4 Å². The smallest absolute Gasteiger partial charge is 0.254 e. The zero-order chi connectivity index (χ0) is 13.0. The van der Waals surface area contributed by atoms with Crippen molar-refractivity contribution in [3.05, 3.63) is 23.7 Å². The lowest BCUT2D eigenvalue weighted by Gasteiger charge is -2.29. The second-order valence-electron chi connectivity index (χ2n) is 5.16. The molecule has 0 spiro atoms. The summed E-state index contributed by atoms with van der Waals surface area (Å²) in [6, 6.07) is 1.84. The van der Waals surface area contributed by atoms with Gasteiger partial charge in [-0.1, -0.05) is 19.3 Å². The molecule has 0 aliphatic heterocycles. The van der Waals surface area contributed by atoms with Gasteiger partial charge in [-0.25, -0.2) is 0 Å². The van der Waals surface area contributed by atoms with E-state index in [-0.39, 0.29) is 11.9 Å². The molecule has 0 aromatic carbocycles. The summed E-state index contributed by atoms with van der Waals surface area (Å²) in [5.74, 6) is 1.20. The van der Waals surface area contributed by atoms with Crippen molar-refractivity contribution >= 4 is 5.91 Å². The SMILES string of the molecule is Cc1cc(C(=O)NC(CN)C2CCCCC2)co1. The first kappa shape index (κ1) is 13.1. The molecule has 1 unspecified atom stereocenters. The van der Waals surface area contributed by atoms with Gasteiger partial charge in [-0.3, -0.25) is 4.79 Å². The highest BCUT2D eigenvalue weighted by Crippen LogP contribution is 2.26. The van der Waals surface area contributed by atoms with Crippen LogP contribution < -0.4 is 11.1 Å². The van der Waals surface area contributed by atoms with Gasteiger partial charge < -0.3 is 15.5 Å². The van der Waals surface area contributed by atoms with Crippen LogP contribution in [-0.2, 0) is 0 Å². The zero-order valence-corrected chi connectivity index (χ0v) is 10.9. The van der Waals surface area contributed by atoms with Crippen LogP contribution in [0.1, 0.15) is 48.2 Å². The summed E-state index contributed by atoms with van der Waals surface area (Å²) in [6.07, 6.45) is 7.66. The maximum absolute atomic E-state index is 12.0. The second-order valence-corrected chi connectivity index (χ2v) is 5.16. The summed E-state index contributed by atoms with van der Waals surface area (Å²) in [5, 5.41) is 3.04. The average molecular weight is 250 g/mol. The number of amides is 1. The first-order valence-electron chi connectivity index (χ1n) is 6.76. The molecule has 1 aromatic rings. The lowest BCUT2D eigenvalue weighted by molar-refractivity contribution is 0.0915. The van der Waals surface area contributed by atoms with E-state index in [9.17, 15) is 4.79 Å². The van der Waals surface area contributed by atoms with Gasteiger partial charge in [0.2, 0.25) is 0 Å². The van der Waals surface area contributed by atoms with Crippen molar-refractivity contribution in [3.8, 4) is 0 Å². The molecular weight excluding hydrogens is 228 g/mol. The molecule has 0 radical (unpaired) electrons. The molecule has 18 heavy (non-hydrogen) atoms. The fourth-order valence-electron chi connectivity index (χ4n) is 2.72. The fraction of sp³-hybridized carbons (Fsp3) is 0.643. The Morgan fingerprint density at radius 1 is 1.50 bits per heavy atom. The standard InChI is InChI=1S/C14H22N2O2/c1-10-7-12(9-18-10)14(17)16-13(8-15)11-5-3-2-4-6-11/h7,9,11,13H,2-6,8,15H2,1H3,(H,16,17). The van der Waals surface area contributed by atoms with Crippen molar-refractivity contribution in [3.63, 3.8) is 0 Å². The van der Waals surface area contributed by atoms with Crippen molar-refractivity contribution < 1.29 is 9.21 Å². The lowest BCUT2D eigenvalue weighted by Crippen LogP contribution is -2.45. The van der Waals surface area contributed by atoms with E-state index in [2.05, 4.69) is 5.32 Å². The number of carbonyl (C=O) groups is 1. The van der Waals surface area contributed by atoms with Crippen LogP contribution in [0, 0.1) is 12.8 Å². The van der Waals surface area contributed by atoms with Gasteiger partial charge in [0, 0.05) is 12.6 Å². The molecule has 1 fully saturated rings. The topological polar surface area (TPSA) is 68.3 Å². The number of nitrogens with one attached hydrogen (secondary N) is 1. The Kier molecular flexibility index (Phi) is 4.42. The van der Waals surface area contributed by atoms with Gasteiger partial charge in [0.25, 0.3) is 5.91 Å². The maximum Gasteiger partial charge on any atom is 0.254 e. The summed E-state index contributed by atoms with van der Waals surface area (Å²) in [5.41, 5.74) is 6.38. The molecule has 4 nitrogen and oxygen atoms in total. The van der Waals surface area contributed by atoms with Gasteiger partial charge in [-0.15, -0.1) is 0 Å². The molecular formula is C14H22N2O2. The Labute approximate surface area is 108 Å². The van der Waals surface area contributed by atoms with Gasteiger partial charge in [0.15, 0.2) is 0 Å². The number of hydrogen-bond acceptors (Lipinski definition) is 3. The molecule has 1 aromatic heterocycles. The minimum Gasteiger partial charge on any atom is -0.469 e. The largest absolute Gasteiger partial charge is 0.469 e. The van der Waals surface area contributed by atoms with Crippen LogP contribution in [0.4, 0.5) is 0 Å². The van der Waals surface area contributed by atoms with Crippen LogP contribution in [0.3, 0.4) is 0 Å². The van der Waals surface area contributed by atoms with Crippen LogP contribution in [0.2, 0.25) is 0 Å². The highest BCUT2D eigenvalue weighted by Gasteiger charge is 2.24. The van der Waals surface area contributed by atoms with E-state index in [0.29, 0.717) is 18.0 Å². The minimum absolute atomic E-state index is 0.0760. The first-order valence-corrected chi connectivity index (χ1v) is 6.76. The monoisotopic (exact) mass is 250 g/mol. The van der Waals surface area contributed by atoms with E-state index in [0.717, 1.165) is 5.76 Å². The third kappa shape index (κ3) is 3.13. The number of rotatable bonds is 4. The third-order valence-corrected chi connectivity index (χ3v) is 3.78. The highest BCUT2D eigenvalue weighted by molar-refractivity contribution is 5.94. The molecule has 2 rings (SSSR count). The van der Waals surface area contributed by atoms with E-state index in [1.807, 2.05) is 6.92 Å². The summed E-state index contributed by atoms with van der Waals surface area (Å²) in [7, 11) is 0. The first-order chi connectivity index (χ1) is 8.70. The fourth-order valence-corrected chi connectivity index (χ4v) is 2.72. The van der Waals surface area contributed by atoms with E-state index < -0.39 is 0 Å². The quantitative estimate of drug-likeness (QED) is 0.861. The average Bonchev–Trinajstić information content (AvgIpc) is 2.83. The summed E-state index contributed by atoms with van der Waals surface area (Å²) >= 11 is 0. The Balaban J connectivity index is 1.95. The number of carbonyl (C=O) groups excluding carboxylic acids is 1. The summed E-state index contributed by atoms with van der Waals surface area (Å²) in [4.78, 5) is 12.0. The summed E-state index contributed by atoms with van der Waals surface area (Å²) < 4.78 is 5.15. The van der Waals surface area contributed by atoms with Crippen molar-refractivity contribution in [2.75, 3.05) is 6.54 Å². The maximum atomic E-state index is 12.0. The van der Waals surface area contributed by atoms with E-state index in [4.69, 9.17) is 10.2 Å². The Morgan fingerprint density at radius 3 is 2.78 bits per heavy atom. The highest BCUT2D eigenvalue weighted by atomic mass is 16.3.